The third-order valence-electron chi connectivity index (χ3n) is 4.51. The largest absolute Gasteiger partial charge is 0.351 e. The molecule has 1 unspecified atom stereocenters. The summed E-state index contributed by atoms with van der Waals surface area (Å²) >= 11 is 2.64. The summed E-state index contributed by atoms with van der Waals surface area (Å²) in [6.45, 7) is 6.60. The van der Waals surface area contributed by atoms with Gasteiger partial charge in [-0.3, -0.25) is 14.9 Å². The van der Waals surface area contributed by atoms with E-state index in [0.717, 1.165) is 11.4 Å². The predicted octanol–water partition coefficient (Wildman–Crippen LogP) is 2.94. The minimum absolute atomic E-state index is 0.00188. The summed E-state index contributed by atoms with van der Waals surface area (Å²) in [7, 11) is 0. The van der Waals surface area contributed by atoms with Gasteiger partial charge in [-0.25, -0.2) is 4.39 Å². The minimum atomic E-state index is -0.563. The number of carbonyl (C=O) groups is 2. The van der Waals surface area contributed by atoms with E-state index in [2.05, 4.69) is 31.0 Å². The molecule has 2 aromatic heterocycles. The number of nitrogens with zero attached hydrogens (tertiary/aromatic N) is 5. The van der Waals surface area contributed by atoms with E-state index in [-0.39, 0.29) is 18.0 Å². The summed E-state index contributed by atoms with van der Waals surface area (Å²) in [6.07, 6.45) is 1.19. The van der Waals surface area contributed by atoms with Gasteiger partial charge in [0.2, 0.25) is 11.0 Å². The van der Waals surface area contributed by atoms with E-state index >= 15 is 0 Å². The molecule has 0 bridgehead atoms. The molecule has 2 amide bonds. The van der Waals surface area contributed by atoms with Crippen LogP contribution in [0.5, 0.6) is 0 Å². The predicted molar refractivity (Wildman–Crippen MR) is 121 cm³/mol. The Morgan fingerprint density at radius 1 is 1.19 bits per heavy atom. The first kappa shape index (κ1) is 23.8. The number of hydrogen-bond acceptors (Lipinski definition) is 8. The topological polar surface area (TPSA) is 115 Å². The molecule has 0 saturated carbocycles. The molecular formula is C20H24FN7O2S2. The van der Waals surface area contributed by atoms with Crippen molar-refractivity contribution in [3.63, 3.8) is 0 Å². The lowest BCUT2D eigenvalue weighted by Crippen LogP contribution is -2.27. The zero-order valence-corrected chi connectivity index (χ0v) is 19.6. The van der Waals surface area contributed by atoms with Crippen molar-refractivity contribution < 1.29 is 14.0 Å². The van der Waals surface area contributed by atoms with Crippen LogP contribution < -0.4 is 10.6 Å². The number of anilines is 1. The van der Waals surface area contributed by atoms with Gasteiger partial charge in [-0.1, -0.05) is 42.2 Å². The number of halogens is 1. The number of carbonyl (C=O) groups excluding carboxylic acids is 2. The fraction of sp³-hybridized carbons (Fsp3) is 0.400. The Kier molecular flexibility index (Phi) is 8.28. The van der Waals surface area contributed by atoms with Gasteiger partial charge in [-0.05, 0) is 32.4 Å². The van der Waals surface area contributed by atoms with Crippen LogP contribution in [-0.4, -0.2) is 48.6 Å². The molecule has 32 heavy (non-hydrogen) atoms. The standard InChI is InChI=1S/C20H24FN7O2S2/c1-4-16-25-26-19(32-16)23-17(29)12(3)31-20-27-24-15(28(20)5-2)10-11-22-18(30)13-8-6-7-9-14(13)21/h6-9,12H,4-5,10-11H2,1-3H3,(H,22,30)(H,23,26,29). The van der Waals surface area contributed by atoms with Crippen molar-refractivity contribution in [2.75, 3.05) is 11.9 Å². The molecule has 1 atom stereocenters. The summed E-state index contributed by atoms with van der Waals surface area (Å²) < 4.78 is 15.6. The molecule has 0 aliphatic carbocycles. The third-order valence-corrected chi connectivity index (χ3v) is 6.58. The van der Waals surface area contributed by atoms with Gasteiger partial charge in [0.15, 0.2) is 5.16 Å². The average Bonchev–Trinajstić information content (AvgIpc) is 3.40. The first-order valence-electron chi connectivity index (χ1n) is 10.2. The van der Waals surface area contributed by atoms with Crippen molar-refractivity contribution in [3.8, 4) is 0 Å². The number of amides is 2. The molecule has 170 valence electrons. The Bertz CT molecular complexity index is 1090. The number of hydrogen-bond donors (Lipinski definition) is 2. The van der Waals surface area contributed by atoms with E-state index in [4.69, 9.17) is 0 Å². The van der Waals surface area contributed by atoms with E-state index < -0.39 is 17.0 Å². The van der Waals surface area contributed by atoms with Gasteiger partial charge in [0.1, 0.15) is 16.6 Å². The average molecular weight is 478 g/mol. The number of rotatable bonds is 10. The van der Waals surface area contributed by atoms with E-state index in [1.807, 2.05) is 18.4 Å². The highest BCUT2D eigenvalue weighted by Crippen LogP contribution is 2.24. The fourth-order valence-electron chi connectivity index (χ4n) is 2.80. The summed E-state index contributed by atoms with van der Waals surface area (Å²) in [6, 6.07) is 5.83. The van der Waals surface area contributed by atoms with Crippen LogP contribution in [0.2, 0.25) is 0 Å². The smallest absolute Gasteiger partial charge is 0.254 e. The van der Waals surface area contributed by atoms with Gasteiger partial charge in [-0.2, -0.15) is 0 Å². The highest BCUT2D eigenvalue weighted by molar-refractivity contribution is 8.00. The van der Waals surface area contributed by atoms with Crippen LogP contribution in [0.4, 0.5) is 9.52 Å². The van der Waals surface area contributed by atoms with Crippen LogP contribution in [0.25, 0.3) is 0 Å². The summed E-state index contributed by atoms with van der Waals surface area (Å²) in [5.74, 6) is -0.563. The first-order valence-corrected chi connectivity index (χ1v) is 11.9. The monoisotopic (exact) mass is 477 g/mol. The SMILES string of the molecule is CCc1nnc(NC(=O)C(C)Sc2nnc(CCNC(=O)c3ccccc3F)n2CC)s1. The summed E-state index contributed by atoms with van der Waals surface area (Å²) in [4.78, 5) is 24.7. The van der Waals surface area contributed by atoms with Gasteiger partial charge in [-0.15, -0.1) is 20.4 Å². The molecule has 0 fully saturated rings. The maximum Gasteiger partial charge on any atom is 0.254 e. The molecule has 0 radical (unpaired) electrons. The maximum atomic E-state index is 13.7. The molecule has 9 nitrogen and oxygen atoms in total. The Morgan fingerprint density at radius 3 is 2.66 bits per heavy atom. The van der Waals surface area contributed by atoms with Crippen LogP contribution in [0.1, 0.15) is 42.0 Å². The van der Waals surface area contributed by atoms with E-state index in [0.29, 0.717) is 29.1 Å². The molecule has 2 N–H and O–H groups in total. The van der Waals surface area contributed by atoms with Gasteiger partial charge in [0.05, 0.1) is 10.8 Å². The Labute approximate surface area is 193 Å². The number of aromatic nitrogens is 5. The van der Waals surface area contributed by atoms with Crippen LogP contribution in [0.3, 0.4) is 0 Å². The quantitative estimate of drug-likeness (QED) is 0.432. The molecular weight excluding hydrogens is 453 g/mol. The Balaban J connectivity index is 1.56. The summed E-state index contributed by atoms with van der Waals surface area (Å²) in [5, 5.41) is 23.4. The van der Waals surface area contributed by atoms with E-state index in [9.17, 15) is 14.0 Å². The van der Waals surface area contributed by atoms with Crippen LogP contribution in [0, 0.1) is 5.82 Å². The molecule has 0 aliphatic heterocycles. The minimum Gasteiger partial charge on any atom is -0.351 e. The Morgan fingerprint density at radius 2 is 1.97 bits per heavy atom. The van der Waals surface area contributed by atoms with Gasteiger partial charge < -0.3 is 9.88 Å². The molecule has 0 saturated heterocycles. The summed E-state index contributed by atoms with van der Waals surface area (Å²) in [5.41, 5.74) is 0.00188. The molecule has 0 aliphatic rings. The van der Waals surface area contributed by atoms with Crippen molar-refractivity contribution >= 4 is 40.0 Å². The normalized spacial score (nSPS) is 11.9. The molecule has 2 heterocycles. The lowest BCUT2D eigenvalue weighted by atomic mass is 10.2. The van der Waals surface area contributed by atoms with Crippen molar-refractivity contribution in [1.29, 1.82) is 0 Å². The lowest BCUT2D eigenvalue weighted by molar-refractivity contribution is -0.115. The second-order valence-corrected chi connectivity index (χ2v) is 9.10. The highest BCUT2D eigenvalue weighted by Gasteiger charge is 2.21. The lowest BCUT2D eigenvalue weighted by Gasteiger charge is -2.12. The van der Waals surface area contributed by atoms with Crippen molar-refractivity contribution in [1.82, 2.24) is 30.3 Å². The second-order valence-electron chi connectivity index (χ2n) is 6.73. The Hall–Kier alpha value is -2.86. The van der Waals surface area contributed by atoms with Crippen LogP contribution >= 0.6 is 23.1 Å². The molecule has 0 spiro atoms. The zero-order valence-electron chi connectivity index (χ0n) is 18.0. The second kappa shape index (κ2) is 11.1. The van der Waals surface area contributed by atoms with E-state index in [1.165, 1.54) is 41.3 Å². The fourth-order valence-corrected chi connectivity index (χ4v) is 4.42. The third kappa shape index (κ3) is 5.88. The number of aryl methyl sites for hydroxylation is 1. The van der Waals surface area contributed by atoms with Crippen molar-refractivity contribution in [3.05, 3.63) is 46.5 Å². The van der Waals surface area contributed by atoms with Crippen LogP contribution in [0.15, 0.2) is 29.4 Å². The van der Waals surface area contributed by atoms with Gasteiger partial charge >= 0.3 is 0 Å². The molecule has 12 heteroatoms. The maximum absolute atomic E-state index is 13.7. The van der Waals surface area contributed by atoms with E-state index in [1.54, 1.807) is 13.0 Å². The molecule has 3 aromatic rings. The molecule has 1 aromatic carbocycles. The highest BCUT2D eigenvalue weighted by atomic mass is 32.2. The molecule has 3 rings (SSSR count). The first-order chi connectivity index (χ1) is 15.4. The number of thioether (sulfide) groups is 1. The van der Waals surface area contributed by atoms with Crippen molar-refractivity contribution in [2.45, 2.75) is 50.6 Å². The zero-order chi connectivity index (χ0) is 23.1. The van der Waals surface area contributed by atoms with Crippen LogP contribution in [-0.2, 0) is 24.2 Å². The number of benzene rings is 1. The van der Waals surface area contributed by atoms with Gasteiger partial charge in [0, 0.05) is 19.5 Å². The van der Waals surface area contributed by atoms with Crippen molar-refractivity contribution in [2.24, 2.45) is 0 Å². The van der Waals surface area contributed by atoms with Gasteiger partial charge in [0.25, 0.3) is 5.91 Å². The number of nitrogens with one attached hydrogen (secondary N) is 2.